The molecular formula is C31H20BN3S. The van der Waals surface area contributed by atoms with E-state index in [2.05, 4.69) is 124 Å². The second-order valence-corrected chi connectivity index (χ2v) is 10.3. The van der Waals surface area contributed by atoms with E-state index in [0.717, 1.165) is 0 Å². The molecule has 0 radical (unpaired) electrons. The first-order valence-corrected chi connectivity index (χ1v) is 13.0. The SMILES string of the molecule is c1ccc(N2c3ccccc3B3c4sc5cnccc5c4N(c4ccccc4)c4cccc2c43)cc1. The van der Waals surface area contributed by atoms with Crippen LogP contribution in [-0.4, -0.2) is 11.7 Å². The summed E-state index contributed by atoms with van der Waals surface area (Å²) in [6.45, 7) is 0.166. The average molecular weight is 477 g/mol. The summed E-state index contributed by atoms with van der Waals surface area (Å²) in [5, 5.41) is 1.26. The van der Waals surface area contributed by atoms with E-state index < -0.39 is 0 Å². The number of hydrogen-bond acceptors (Lipinski definition) is 4. The van der Waals surface area contributed by atoms with Gasteiger partial charge in [-0.25, -0.2) is 0 Å². The van der Waals surface area contributed by atoms with Crippen LogP contribution in [-0.2, 0) is 0 Å². The number of fused-ring (bicyclic) bond motifs is 6. The normalized spacial score (nSPS) is 13.4. The number of hydrogen-bond donors (Lipinski definition) is 0. The van der Waals surface area contributed by atoms with Crippen LogP contribution in [0.4, 0.5) is 34.1 Å². The minimum Gasteiger partial charge on any atom is -0.311 e. The van der Waals surface area contributed by atoms with Crippen LogP contribution in [0.2, 0.25) is 0 Å². The van der Waals surface area contributed by atoms with E-state index in [1.54, 1.807) is 0 Å². The third kappa shape index (κ3) is 2.66. The Balaban J connectivity index is 1.51. The van der Waals surface area contributed by atoms with Gasteiger partial charge in [0.1, 0.15) is 0 Å². The molecule has 0 N–H and O–H groups in total. The van der Waals surface area contributed by atoms with Crippen molar-refractivity contribution >= 4 is 78.0 Å². The van der Waals surface area contributed by atoms with Gasteiger partial charge in [0.05, 0.1) is 10.4 Å². The zero-order chi connectivity index (χ0) is 23.6. The highest BCUT2D eigenvalue weighted by atomic mass is 32.1. The summed E-state index contributed by atoms with van der Waals surface area (Å²) < 4.78 is 2.60. The van der Waals surface area contributed by atoms with Crippen LogP contribution in [0.1, 0.15) is 0 Å². The predicted molar refractivity (Wildman–Crippen MR) is 154 cm³/mol. The Labute approximate surface area is 214 Å². The van der Waals surface area contributed by atoms with Crippen molar-refractivity contribution < 1.29 is 0 Å². The molecule has 0 bridgehead atoms. The molecule has 0 saturated heterocycles. The van der Waals surface area contributed by atoms with Gasteiger partial charge in [0.25, 0.3) is 6.71 Å². The summed E-state index contributed by atoms with van der Waals surface area (Å²) in [6.07, 6.45) is 3.93. The molecule has 36 heavy (non-hydrogen) atoms. The Hall–Kier alpha value is -4.35. The van der Waals surface area contributed by atoms with Crippen molar-refractivity contribution in [3.63, 3.8) is 0 Å². The van der Waals surface area contributed by atoms with E-state index in [0.29, 0.717) is 0 Å². The molecule has 5 heteroatoms. The summed E-state index contributed by atoms with van der Waals surface area (Å²) in [6, 6.07) is 39.3. The van der Waals surface area contributed by atoms with Gasteiger partial charge in [0.2, 0.25) is 0 Å². The van der Waals surface area contributed by atoms with E-state index in [1.807, 2.05) is 23.7 Å². The summed E-state index contributed by atoms with van der Waals surface area (Å²) in [5.74, 6) is 0. The highest BCUT2D eigenvalue weighted by Crippen LogP contribution is 2.46. The third-order valence-electron chi connectivity index (χ3n) is 7.33. The summed E-state index contributed by atoms with van der Waals surface area (Å²) in [4.78, 5) is 9.35. The molecular weight excluding hydrogens is 457 g/mol. The number of para-hydroxylation sites is 3. The number of thiophene rings is 1. The molecule has 8 rings (SSSR count). The number of nitrogens with zero attached hydrogens (tertiary/aromatic N) is 3. The monoisotopic (exact) mass is 477 g/mol. The van der Waals surface area contributed by atoms with Crippen LogP contribution in [0, 0.1) is 0 Å². The van der Waals surface area contributed by atoms with E-state index in [4.69, 9.17) is 0 Å². The van der Waals surface area contributed by atoms with Gasteiger partial charge in [0, 0.05) is 51.0 Å². The Kier molecular flexibility index (Phi) is 4.19. The van der Waals surface area contributed by atoms with E-state index in [9.17, 15) is 0 Å². The molecule has 0 unspecified atom stereocenters. The summed E-state index contributed by atoms with van der Waals surface area (Å²) in [5.41, 5.74) is 10.1. The third-order valence-corrected chi connectivity index (χ3v) is 8.52. The number of aromatic nitrogens is 1. The van der Waals surface area contributed by atoms with Gasteiger partial charge in [-0.3, -0.25) is 4.98 Å². The molecule has 4 aromatic carbocycles. The maximum Gasteiger partial charge on any atom is 0.264 e. The molecule has 0 fully saturated rings. The van der Waals surface area contributed by atoms with Crippen molar-refractivity contribution in [3.8, 4) is 0 Å². The van der Waals surface area contributed by atoms with Gasteiger partial charge >= 0.3 is 0 Å². The summed E-state index contributed by atoms with van der Waals surface area (Å²) in [7, 11) is 0. The number of benzene rings is 4. The van der Waals surface area contributed by atoms with E-state index in [1.165, 1.54) is 59.9 Å². The van der Waals surface area contributed by atoms with Crippen LogP contribution in [0.3, 0.4) is 0 Å². The Morgan fingerprint density at radius 3 is 2.03 bits per heavy atom. The largest absolute Gasteiger partial charge is 0.311 e. The summed E-state index contributed by atoms with van der Waals surface area (Å²) >= 11 is 1.87. The molecule has 0 spiro atoms. The Bertz CT molecular complexity index is 1760. The topological polar surface area (TPSA) is 19.4 Å². The molecule has 0 atom stereocenters. The second kappa shape index (κ2) is 7.58. The first kappa shape index (κ1) is 19.9. The highest BCUT2D eigenvalue weighted by Gasteiger charge is 2.44. The van der Waals surface area contributed by atoms with Crippen molar-refractivity contribution in [2.75, 3.05) is 9.80 Å². The molecule has 0 amide bonds. The zero-order valence-electron chi connectivity index (χ0n) is 19.4. The molecule has 2 aliphatic rings. The van der Waals surface area contributed by atoms with Crippen molar-refractivity contribution in [3.05, 3.63) is 122 Å². The van der Waals surface area contributed by atoms with Crippen molar-refractivity contribution in [1.82, 2.24) is 4.98 Å². The van der Waals surface area contributed by atoms with Gasteiger partial charge in [-0.2, -0.15) is 0 Å². The van der Waals surface area contributed by atoms with Gasteiger partial charge in [-0.15, -0.1) is 11.3 Å². The lowest BCUT2D eigenvalue weighted by atomic mass is 9.36. The van der Waals surface area contributed by atoms with E-state index in [-0.39, 0.29) is 6.71 Å². The van der Waals surface area contributed by atoms with Gasteiger partial charge in [-0.05, 0) is 59.5 Å². The van der Waals surface area contributed by atoms with Crippen LogP contribution in [0.5, 0.6) is 0 Å². The maximum absolute atomic E-state index is 4.47. The lowest BCUT2D eigenvalue weighted by molar-refractivity contribution is 1.26. The molecule has 0 aliphatic carbocycles. The fraction of sp³-hybridized carbons (Fsp3) is 0. The molecule has 3 nitrogen and oxygen atoms in total. The average Bonchev–Trinajstić information content (AvgIpc) is 3.33. The van der Waals surface area contributed by atoms with Crippen LogP contribution < -0.4 is 25.5 Å². The van der Waals surface area contributed by atoms with E-state index >= 15 is 0 Å². The fourth-order valence-corrected chi connectivity index (χ4v) is 7.21. The Morgan fingerprint density at radius 2 is 1.25 bits per heavy atom. The highest BCUT2D eigenvalue weighted by molar-refractivity contribution is 7.33. The maximum atomic E-state index is 4.47. The first-order valence-electron chi connectivity index (χ1n) is 12.2. The number of anilines is 6. The smallest absolute Gasteiger partial charge is 0.264 e. The van der Waals surface area contributed by atoms with Crippen LogP contribution in [0.15, 0.2) is 122 Å². The minimum absolute atomic E-state index is 0.166. The van der Waals surface area contributed by atoms with Crippen molar-refractivity contribution in [2.45, 2.75) is 0 Å². The van der Waals surface area contributed by atoms with Crippen LogP contribution >= 0.6 is 11.3 Å². The molecule has 0 saturated carbocycles. The van der Waals surface area contributed by atoms with Crippen molar-refractivity contribution in [2.24, 2.45) is 0 Å². The molecule has 2 aromatic heterocycles. The molecule has 2 aliphatic heterocycles. The molecule has 6 aromatic rings. The molecule has 168 valence electrons. The van der Waals surface area contributed by atoms with Crippen molar-refractivity contribution in [1.29, 1.82) is 0 Å². The van der Waals surface area contributed by atoms with Gasteiger partial charge in [-0.1, -0.05) is 60.7 Å². The number of pyridine rings is 1. The lowest BCUT2D eigenvalue weighted by Gasteiger charge is -2.43. The zero-order valence-corrected chi connectivity index (χ0v) is 20.2. The Morgan fingerprint density at radius 1 is 0.611 bits per heavy atom. The van der Waals surface area contributed by atoms with Crippen LogP contribution in [0.25, 0.3) is 10.1 Å². The predicted octanol–water partition coefficient (Wildman–Crippen LogP) is 6.38. The van der Waals surface area contributed by atoms with Gasteiger partial charge in [0.15, 0.2) is 0 Å². The number of rotatable bonds is 2. The standard InChI is InChI=1S/C31H20BN3S/c1-3-10-21(11-4-1)34-25-15-8-7-14-24(25)32-29-26(34)16-9-17-27(29)35(22-12-5-2-6-13-22)30-23-18-19-33-20-28(23)36-31(30)32/h1-20H. The first-order chi connectivity index (χ1) is 17.9. The van der Waals surface area contributed by atoms with Gasteiger partial charge < -0.3 is 9.80 Å². The quantitative estimate of drug-likeness (QED) is 0.270. The lowest BCUT2D eigenvalue weighted by Crippen LogP contribution is -2.60. The fourth-order valence-electron chi connectivity index (χ4n) is 5.92. The minimum atomic E-state index is 0.166. The second-order valence-electron chi connectivity index (χ2n) is 9.23. The molecule has 4 heterocycles.